The second-order valence-electron chi connectivity index (χ2n) is 3.87. The fourth-order valence-corrected chi connectivity index (χ4v) is 1.66. The third kappa shape index (κ3) is 3.18. The molecule has 1 aromatic heterocycles. The molecule has 2 rings (SSSR count). The van der Waals surface area contributed by atoms with Crippen LogP contribution in [0.5, 0.6) is 0 Å². The van der Waals surface area contributed by atoms with E-state index < -0.39 is 5.91 Å². The van der Waals surface area contributed by atoms with E-state index in [2.05, 4.69) is 15.8 Å². The average Bonchev–Trinajstić information content (AvgIpc) is 2.90. The summed E-state index contributed by atoms with van der Waals surface area (Å²) in [6.45, 7) is 0.970. The Morgan fingerprint density at radius 1 is 1.39 bits per heavy atom. The summed E-state index contributed by atoms with van der Waals surface area (Å²) in [6, 6.07) is 3.03. The monoisotopic (exact) mass is 269 g/mol. The number of ether oxygens (including phenoxy) is 1. The Morgan fingerprint density at radius 3 is 2.83 bits per heavy atom. The van der Waals surface area contributed by atoms with E-state index in [1.165, 1.54) is 18.3 Å². The Labute approximate surface area is 109 Å². The van der Waals surface area contributed by atoms with Crippen LogP contribution in [0, 0.1) is 5.92 Å². The molecule has 1 aliphatic heterocycles. The molecule has 18 heavy (non-hydrogen) atoms. The summed E-state index contributed by atoms with van der Waals surface area (Å²) in [7, 11) is 0. The lowest BCUT2D eigenvalue weighted by Gasteiger charge is -2.10. The second kappa shape index (κ2) is 5.79. The Hall–Kier alpha value is -1.66. The Balaban J connectivity index is 1.84. The smallest absolute Gasteiger partial charge is 0.271 e. The molecule has 96 valence electrons. The number of nitrogens with one attached hydrogen (secondary N) is 2. The summed E-state index contributed by atoms with van der Waals surface area (Å²) >= 11 is 5.60. The van der Waals surface area contributed by atoms with Crippen LogP contribution < -0.4 is 10.9 Å². The van der Waals surface area contributed by atoms with Crippen LogP contribution in [0.4, 0.5) is 0 Å². The van der Waals surface area contributed by atoms with Gasteiger partial charge in [0.1, 0.15) is 5.15 Å². The van der Waals surface area contributed by atoms with Gasteiger partial charge in [0.15, 0.2) is 0 Å². The predicted octanol–water partition coefficient (Wildman–Crippen LogP) is 0.532. The van der Waals surface area contributed by atoms with Gasteiger partial charge >= 0.3 is 0 Å². The number of halogens is 1. The molecule has 1 unspecified atom stereocenters. The first-order valence-electron chi connectivity index (χ1n) is 5.46. The Bertz CT molecular complexity index is 443. The van der Waals surface area contributed by atoms with Gasteiger partial charge in [-0.15, -0.1) is 0 Å². The van der Waals surface area contributed by atoms with Gasteiger partial charge < -0.3 is 4.74 Å². The van der Waals surface area contributed by atoms with E-state index in [1.54, 1.807) is 0 Å². The van der Waals surface area contributed by atoms with Crippen LogP contribution in [-0.4, -0.2) is 30.0 Å². The fraction of sp³-hybridized carbons (Fsp3) is 0.364. The minimum atomic E-state index is -0.438. The number of rotatable bonds is 2. The lowest BCUT2D eigenvalue weighted by molar-refractivity contribution is -0.125. The highest BCUT2D eigenvalue weighted by atomic mass is 35.5. The van der Waals surface area contributed by atoms with E-state index in [0.717, 1.165) is 0 Å². The molecule has 1 fully saturated rings. The SMILES string of the molecule is O=C(NNC(=O)C1CCOC1)c1ccc(Cl)nc1. The molecule has 2 heterocycles. The van der Waals surface area contributed by atoms with Crippen molar-refractivity contribution in [1.82, 2.24) is 15.8 Å². The largest absolute Gasteiger partial charge is 0.381 e. The predicted molar refractivity (Wildman–Crippen MR) is 63.8 cm³/mol. The van der Waals surface area contributed by atoms with Crippen LogP contribution in [-0.2, 0) is 9.53 Å². The third-order valence-corrected chi connectivity index (χ3v) is 2.81. The topological polar surface area (TPSA) is 80.3 Å². The van der Waals surface area contributed by atoms with Gasteiger partial charge in [-0.05, 0) is 18.6 Å². The van der Waals surface area contributed by atoms with Gasteiger partial charge in [-0.1, -0.05) is 11.6 Å². The molecular weight excluding hydrogens is 258 g/mol. The molecule has 2 N–H and O–H groups in total. The van der Waals surface area contributed by atoms with Crippen molar-refractivity contribution in [3.63, 3.8) is 0 Å². The zero-order chi connectivity index (χ0) is 13.0. The first-order chi connectivity index (χ1) is 8.66. The highest BCUT2D eigenvalue weighted by Crippen LogP contribution is 2.11. The maximum Gasteiger partial charge on any atom is 0.271 e. The van der Waals surface area contributed by atoms with Crippen molar-refractivity contribution in [2.75, 3.05) is 13.2 Å². The molecule has 0 radical (unpaired) electrons. The van der Waals surface area contributed by atoms with Crippen LogP contribution in [0.25, 0.3) is 0 Å². The number of pyridine rings is 1. The van der Waals surface area contributed by atoms with Crippen molar-refractivity contribution in [2.45, 2.75) is 6.42 Å². The zero-order valence-electron chi connectivity index (χ0n) is 9.48. The lowest BCUT2D eigenvalue weighted by atomic mass is 10.1. The van der Waals surface area contributed by atoms with Gasteiger partial charge in [-0.25, -0.2) is 4.98 Å². The molecule has 6 nitrogen and oxygen atoms in total. The van der Waals surface area contributed by atoms with Gasteiger partial charge in [0.05, 0.1) is 18.1 Å². The maximum atomic E-state index is 11.6. The maximum absolute atomic E-state index is 11.6. The van der Waals surface area contributed by atoms with Crippen LogP contribution >= 0.6 is 11.6 Å². The Kier molecular flexibility index (Phi) is 4.11. The molecule has 0 aliphatic carbocycles. The summed E-state index contributed by atoms with van der Waals surface area (Å²) in [6.07, 6.45) is 2.01. The summed E-state index contributed by atoms with van der Waals surface area (Å²) in [5.74, 6) is -0.886. The van der Waals surface area contributed by atoms with Crippen molar-refractivity contribution in [2.24, 2.45) is 5.92 Å². The van der Waals surface area contributed by atoms with E-state index in [1.807, 2.05) is 0 Å². The summed E-state index contributed by atoms with van der Waals surface area (Å²) < 4.78 is 5.08. The molecule has 1 aromatic rings. The van der Waals surface area contributed by atoms with Crippen LogP contribution in [0.2, 0.25) is 5.15 Å². The number of aromatic nitrogens is 1. The molecule has 1 atom stereocenters. The van der Waals surface area contributed by atoms with E-state index >= 15 is 0 Å². The lowest BCUT2D eigenvalue weighted by Crippen LogP contribution is -2.44. The number of carbonyl (C=O) groups excluding carboxylic acids is 2. The van der Waals surface area contributed by atoms with Gasteiger partial charge in [0, 0.05) is 12.8 Å². The van der Waals surface area contributed by atoms with E-state index in [0.29, 0.717) is 30.4 Å². The highest BCUT2D eigenvalue weighted by molar-refractivity contribution is 6.29. The molecule has 0 spiro atoms. The van der Waals surface area contributed by atoms with Crippen molar-refractivity contribution < 1.29 is 14.3 Å². The molecule has 2 amide bonds. The van der Waals surface area contributed by atoms with Crippen LogP contribution in [0.15, 0.2) is 18.3 Å². The first-order valence-corrected chi connectivity index (χ1v) is 5.84. The summed E-state index contributed by atoms with van der Waals surface area (Å²) in [4.78, 5) is 27.0. The number of hydrogen-bond donors (Lipinski definition) is 2. The van der Waals surface area contributed by atoms with Crippen LogP contribution in [0.3, 0.4) is 0 Å². The Morgan fingerprint density at radius 2 is 2.22 bits per heavy atom. The first kappa shape index (κ1) is 12.8. The standard InChI is InChI=1S/C11H12ClN3O3/c12-9-2-1-7(5-13-9)10(16)14-15-11(17)8-3-4-18-6-8/h1-2,5,8H,3-4,6H2,(H,14,16)(H,15,17). The van der Waals surface area contributed by atoms with Crippen molar-refractivity contribution in [3.8, 4) is 0 Å². The number of amides is 2. The molecule has 1 saturated heterocycles. The minimum Gasteiger partial charge on any atom is -0.381 e. The number of carbonyl (C=O) groups is 2. The van der Waals surface area contributed by atoms with Gasteiger partial charge in [-0.2, -0.15) is 0 Å². The number of nitrogens with zero attached hydrogens (tertiary/aromatic N) is 1. The van der Waals surface area contributed by atoms with Crippen molar-refractivity contribution in [1.29, 1.82) is 0 Å². The number of hydrogen-bond acceptors (Lipinski definition) is 4. The average molecular weight is 270 g/mol. The van der Waals surface area contributed by atoms with E-state index in [-0.39, 0.29) is 11.8 Å². The molecule has 1 aliphatic rings. The van der Waals surface area contributed by atoms with Gasteiger partial charge in [0.2, 0.25) is 5.91 Å². The molecule has 0 saturated carbocycles. The zero-order valence-corrected chi connectivity index (χ0v) is 10.2. The van der Waals surface area contributed by atoms with E-state index in [9.17, 15) is 9.59 Å². The van der Waals surface area contributed by atoms with Crippen molar-refractivity contribution >= 4 is 23.4 Å². The van der Waals surface area contributed by atoms with E-state index in [4.69, 9.17) is 16.3 Å². The second-order valence-corrected chi connectivity index (χ2v) is 4.26. The van der Waals surface area contributed by atoms with Gasteiger partial charge in [-0.3, -0.25) is 20.4 Å². The quantitative estimate of drug-likeness (QED) is 0.606. The highest BCUT2D eigenvalue weighted by Gasteiger charge is 2.23. The van der Waals surface area contributed by atoms with Crippen LogP contribution in [0.1, 0.15) is 16.8 Å². The summed E-state index contributed by atoms with van der Waals surface area (Å²) in [5, 5.41) is 0.304. The van der Waals surface area contributed by atoms with Gasteiger partial charge in [0.25, 0.3) is 5.91 Å². The fourth-order valence-electron chi connectivity index (χ4n) is 1.54. The normalized spacial score (nSPS) is 18.4. The summed E-state index contributed by atoms with van der Waals surface area (Å²) in [5.41, 5.74) is 5.00. The van der Waals surface area contributed by atoms with Crippen molar-refractivity contribution in [3.05, 3.63) is 29.0 Å². The molecule has 7 heteroatoms. The number of hydrazine groups is 1. The molecule has 0 aromatic carbocycles. The molecular formula is C11H12ClN3O3. The third-order valence-electron chi connectivity index (χ3n) is 2.59. The minimum absolute atomic E-state index is 0.200. The molecule has 0 bridgehead atoms.